The monoisotopic (exact) mass is 499 g/mol. The summed E-state index contributed by atoms with van der Waals surface area (Å²) in [7, 11) is 0. The molecule has 5 rings (SSSR count). The number of carbonyl (C=O) groups is 4. The van der Waals surface area contributed by atoms with Gasteiger partial charge in [-0.3, -0.25) is 19.3 Å². The lowest BCUT2D eigenvalue weighted by molar-refractivity contribution is -0.133. The fraction of sp³-hybridized carbons (Fsp3) is 0.214. The molecular weight excluding hydrogens is 474 g/mol. The third kappa shape index (κ3) is 4.08. The average molecular weight is 500 g/mol. The van der Waals surface area contributed by atoms with Crippen LogP contribution < -0.4 is 20.1 Å². The van der Waals surface area contributed by atoms with E-state index in [0.717, 1.165) is 16.0 Å². The molecule has 2 aliphatic heterocycles. The number of hydrogen-bond acceptors (Lipinski definition) is 6. The zero-order valence-electron chi connectivity index (χ0n) is 20.6. The number of rotatable bonds is 6. The molecule has 0 radical (unpaired) electrons. The zero-order chi connectivity index (χ0) is 26.3. The van der Waals surface area contributed by atoms with E-state index in [-0.39, 0.29) is 23.8 Å². The summed E-state index contributed by atoms with van der Waals surface area (Å²) >= 11 is 0. The topological polar surface area (TPSA) is 114 Å². The first-order valence-corrected chi connectivity index (χ1v) is 11.7. The summed E-state index contributed by atoms with van der Waals surface area (Å²) in [6.07, 6.45) is 0. The van der Waals surface area contributed by atoms with Crippen molar-refractivity contribution in [3.63, 3.8) is 0 Å². The SMILES string of the molecule is CC(=O)c1cc2c(cc1NC(=O)CN1C(=O)N[C@@](c3ccccc3)(c3ccc(C)c(C)c3)C1=O)OCO2. The number of ketones is 1. The smallest absolute Gasteiger partial charge is 0.326 e. The Morgan fingerprint density at radius 3 is 2.32 bits per heavy atom. The van der Waals surface area contributed by atoms with Crippen LogP contribution in [0, 0.1) is 13.8 Å². The second-order valence-electron chi connectivity index (χ2n) is 9.09. The van der Waals surface area contributed by atoms with E-state index in [2.05, 4.69) is 10.6 Å². The van der Waals surface area contributed by atoms with Crippen molar-refractivity contribution in [3.8, 4) is 11.5 Å². The van der Waals surface area contributed by atoms with E-state index in [0.29, 0.717) is 22.6 Å². The number of Topliss-reactive ketones (excluding diaryl/α,β-unsaturated/α-hetero) is 1. The highest BCUT2D eigenvalue weighted by Gasteiger charge is 2.54. The first kappa shape index (κ1) is 24.1. The Bertz CT molecular complexity index is 1450. The Labute approximate surface area is 213 Å². The fourth-order valence-corrected chi connectivity index (χ4v) is 4.61. The lowest BCUT2D eigenvalue weighted by Gasteiger charge is -2.28. The summed E-state index contributed by atoms with van der Waals surface area (Å²) in [5, 5.41) is 5.49. The van der Waals surface area contributed by atoms with Gasteiger partial charge in [-0.1, -0.05) is 48.5 Å². The van der Waals surface area contributed by atoms with Crippen molar-refractivity contribution in [2.45, 2.75) is 26.3 Å². The van der Waals surface area contributed by atoms with Gasteiger partial charge in [0, 0.05) is 11.6 Å². The van der Waals surface area contributed by atoms with Crippen molar-refractivity contribution in [1.29, 1.82) is 0 Å². The van der Waals surface area contributed by atoms with Gasteiger partial charge in [-0.2, -0.15) is 0 Å². The molecule has 1 atom stereocenters. The predicted molar refractivity (Wildman–Crippen MR) is 135 cm³/mol. The molecule has 4 amide bonds. The maximum atomic E-state index is 13.9. The molecule has 2 heterocycles. The summed E-state index contributed by atoms with van der Waals surface area (Å²) in [5.41, 5.74) is 2.13. The molecule has 9 nitrogen and oxygen atoms in total. The number of carbonyl (C=O) groups excluding carboxylic acids is 4. The van der Waals surface area contributed by atoms with Gasteiger partial charge in [0.25, 0.3) is 5.91 Å². The van der Waals surface area contributed by atoms with E-state index in [1.807, 2.05) is 38.1 Å². The number of fused-ring (bicyclic) bond motifs is 1. The highest BCUT2D eigenvalue weighted by molar-refractivity contribution is 6.13. The molecule has 0 bridgehead atoms. The van der Waals surface area contributed by atoms with Crippen molar-refractivity contribution >= 4 is 29.3 Å². The molecule has 3 aromatic carbocycles. The summed E-state index contributed by atoms with van der Waals surface area (Å²) in [4.78, 5) is 53.2. The number of ether oxygens (including phenoxy) is 2. The van der Waals surface area contributed by atoms with E-state index in [9.17, 15) is 19.2 Å². The fourth-order valence-electron chi connectivity index (χ4n) is 4.61. The van der Waals surface area contributed by atoms with Crippen molar-refractivity contribution < 1.29 is 28.7 Å². The molecular formula is C28H25N3O6. The number of urea groups is 1. The van der Waals surface area contributed by atoms with Crippen molar-refractivity contribution in [1.82, 2.24) is 10.2 Å². The van der Waals surface area contributed by atoms with Gasteiger partial charge < -0.3 is 20.1 Å². The lowest BCUT2D eigenvalue weighted by atomic mass is 9.81. The molecule has 0 spiro atoms. The van der Waals surface area contributed by atoms with Crippen LogP contribution in [0.4, 0.5) is 10.5 Å². The number of amides is 4. The molecule has 2 aliphatic rings. The maximum absolute atomic E-state index is 13.9. The van der Waals surface area contributed by atoms with Crippen LogP contribution in [0.15, 0.2) is 60.7 Å². The Hall–Kier alpha value is -4.66. The molecule has 0 saturated carbocycles. The van der Waals surface area contributed by atoms with Gasteiger partial charge in [-0.05, 0) is 49.1 Å². The largest absolute Gasteiger partial charge is 0.454 e. The van der Waals surface area contributed by atoms with Gasteiger partial charge in [0.15, 0.2) is 22.8 Å². The number of imide groups is 1. The third-order valence-corrected chi connectivity index (χ3v) is 6.72. The van der Waals surface area contributed by atoms with E-state index in [1.54, 1.807) is 24.3 Å². The molecule has 0 aromatic heterocycles. The van der Waals surface area contributed by atoms with Crippen LogP contribution in [-0.2, 0) is 15.1 Å². The average Bonchev–Trinajstić information content (AvgIpc) is 3.43. The first-order valence-electron chi connectivity index (χ1n) is 11.7. The van der Waals surface area contributed by atoms with Gasteiger partial charge in [0.05, 0.1) is 5.69 Å². The molecule has 37 heavy (non-hydrogen) atoms. The number of anilines is 1. The van der Waals surface area contributed by atoms with Gasteiger partial charge in [-0.25, -0.2) is 4.79 Å². The second kappa shape index (κ2) is 9.09. The Morgan fingerprint density at radius 2 is 1.65 bits per heavy atom. The van der Waals surface area contributed by atoms with Gasteiger partial charge in [0.2, 0.25) is 12.7 Å². The number of nitrogens with one attached hydrogen (secondary N) is 2. The number of aryl methyl sites for hydroxylation is 2. The highest BCUT2D eigenvalue weighted by atomic mass is 16.7. The molecule has 0 unspecified atom stereocenters. The van der Waals surface area contributed by atoms with Crippen LogP contribution in [0.3, 0.4) is 0 Å². The molecule has 0 aliphatic carbocycles. The Balaban J connectivity index is 1.46. The summed E-state index contributed by atoms with van der Waals surface area (Å²) in [5.74, 6) is -0.721. The van der Waals surface area contributed by atoms with Crippen LogP contribution in [0.2, 0.25) is 0 Å². The Morgan fingerprint density at radius 1 is 0.946 bits per heavy atom. The van der Waals surface area contributed by atoms with E-state index in [1.165, 1.54) is 19.1 Å². The molecule has 3 aromatic rings. The quantitative estimate of drug-likeness (QED) is 0.395. The van der Waals surface area contributed by atoms with Gasteiger partial charge >= 0.3 is 6.03 Å². The lowest BCUT2D eigenvalue weighted by Crippen LogP contribution is -2.45. The van der Waals surface area contributed by atoms with Crippen LogP contribution in [0.1, 0.15) is 39.5 Å². The minimum atomic E-state index is -1.49. The van der Waals surface area contributed by atoms with Gasteiger partial charge in [0.1, 0.15) is 6.54 Å². The van der Waals surface area contributed by atoms with Crippen LogP contribution >= 0.6 is 0 Å². The molecule has 1 saturated heterocycles. The van der Waals surface area contributed by atoms with E-state index < -0.39 is 29.9 Å². The van der Waals surface area contributed by atoms with Gasteiger partial charge in [-0.15, -0.1) is 0 Å². The summed E-state index contributed by atoms with van der Waals surface area (Å²) in [6.45, 7) is 4.72. The third-order valence-electron chi connectivity index (χ3n) is 6.72. The van der Waals surface area contributed by atoms with Crippen molar-refractivity contribution in [2.24, 2.45) is 0 Å². The Kier molecular flexibility index (Phi) is 5.91. The highest BCUT2D eigenvalue weighted by Crippen LogP contribution is 2.38. The van der Waals surface area contributed by atoms with Crippen molar-refractivity contribution in [3.05, 3.63) is 88.5 Å². The zero-order valence-corrected chi connectivity index (χ0v) is 20.6. The minimum Gasteiger partial charge on any atom is -0.454 e. The van der Waals surface area contributed by atoms with Crippen molar-refractivity contribution in [2.75, 3.05) is 18.7 Å². The minimum absolute atomic E-state index is 0.00653. The normalized spacial score (nSPS) is 18.1. The molecule has 9 heteroatoms. The molecule has 188 valence electrons. The molecule has 2 N–H and O–H groups in total. The second-order valence-corrected chi connectivity index (χ2v) is 9.09. The number of hydrogen-bond donors (Lipinski definition) is 2. The van der Waals surface area contributed by atoms with Crippen LogP contribution in [-0.4, -0.2) is 41.9 Å². The van der Waals surface area contributed by atoms with Crippen LogP contribution in [0.25, 0.3) is 0 Å². The summed E-state index contributed by atoms with van der Waals surface area (Å²) in [6, 6.07) is 16.8. The first-order chi connectivity index (χ1) is 17.7. The number of benzene rings is 3. The predicted octanol–water partition coefficient (Wildman–Crippen LogP) is 3.67. The summed E-state index contributed by atoms with van der Waals surface area (Å²) < 4.78 is 10.7. The van der Waals surface area contributed by atoms with E-state index >= 15 is 0 Å². The van der Waals surface area contributed by atoms with Crippen LogP contribution in [0.5, 0.6) is 11.5 Å². The van der Waals surface area contributed by atoms with E-state index in [4.69, 9.17) is 9.47 Å². The standard InChI is InChI=1S/C28H25N3O6/c1-16-9-10-20(11-17(16)2)28(19-7-5-4-6-8-19)26(34)31(27(35)30-28)14-25(33)29-22-13-24-23(36-15-37-24)12-21(22)18(3)32/h4-13H,14-15H2,1-3H3,(H,29,33)(H,30,35)/t28-/m0/s1. The number of nitrogens with zero attached hydrogens (tertiary/aromatic N) is 1. The molecule has 1 fully saturated rings. The maximum Gasteiger partial charge on any atom is 0.326 e.